The van der Waals surface area contributed by atoms with Crippen LogP contribution >= 0.6 is 0 Å². The Kier molecular flexibility index (Phi) is 6.03. The average Bonchev–Trinajstić information content (AvgIpc) is 3.42. The summed E-state index contributed by atoms with van der Waals surface area (Å²) in [5.41, 5.74) is 2.37. The van der Waals surface area contributed by atoms with Crippen LogP contribution in [0.3, 0.4) is 0 Å². The lowest BCUT2D eigenvalue weighted by Crippen LogP contribution is -2.44. The van der Waals surface area contributed by atoms with Crippen LogP contribution in [0.25, 0.3) is 0 Å². The maximum Gasteiger partial charge on any atom is 0.256 e. The predicted molar refractivity (Wildman–Crippen MR) is 125 cm³/mol. The summed E-state index contributed by atoms with van der Waals surface area (Å²) in [7, 11) is -2.35. The van der Waals surface area contributed by atoms with Crippen LogP contribution in [0.15, 0.2) is 47.4 Å². The molecule has 184 valence electrons. The minimum Gasteiger partial charge on any atom is -0.369 e. The molecule has 0 radical (unpaired) electrons. The van der Waals surface area contributed by atoms with Crippen molar-refractivity contribution < 1.29 is 22.0 Å². The van der Waals surface area contributed by atoms with Crippen molar-refractivity contribution >= 4 is 27.4 Å². The Morgan fingerprint density at radius 1 is 1.00 bits per heavy atom. The van der Waals surface area contributed by atoms with Gasteiger partial charge in [-0.25, -0.2) is 17.2 Å². The van der Waals surface area contributed by atoms with Crippen molar-refractivity contribution in [2.45, 2.75) is 18.0 Å². The number of aromatic amines is 1. The molecule has 0 spiro atoms. The highest BCUT2D eigenvalue weighted by Gasteiger charge is 2.37. The molecule has 1 fully saturated rings. The van der Waals surface area contributed by atoms with Gasteiger partial charge in [0, 0.05) is 49.5 Å². The molecule has 5 rings (SSSR count). The monoisotopic (exact) mass is 502 g/mol. The number of amides is 1. The summed E-state index contributed by atoms with van der Waals surface area (Å²) in [4.78, 5) is 16.3. The maximum absolute atomic E-state index is 14.1. The fraction of sp³-hybridized carbons (Fsp3) is 0.304. The van der Waals surface area contributed by atoms with Crippen LogP contribution in [-0.4, -0.2) is 67.0 Å². The highest BCUT2D eigenvalue weighted by Crippen LogP contribution is 2.33. The normalized spacial score (nSPS) is 16.9. The topological polar surface area (TPSA) is 102 Å². The highest BCUT2D eigenvalue weighted by molar-refractivity contribution is 7.89. The van der Waals surface area contributed by atoms with Gasteiger partial charge in [0.15, 0.2) is 10.7 Å². The summed E-state index contributed by atoms with van der Waals surface area (Å²) in [5.74, 6) is -2.54. The summed E-state index contributed by atoms with van der Waals surface area (Å²) < 4.78 is 55.0. The molecule has 35 heavy (non-hydrogen) atoms. The Labute approximate surface area is 201 Å². The number of aromatic nitrogens is 2. The largest absolute Gasteiger partial charge is 0.369 e. The molecule has 0 aliphatic carbocycles. The van der Waals surface area contributed by atoms with Crippen molar-refractivity contribution in [1.29, 1.82) is 0 Å². The van der Waals surface area contributed by atoms with Gasteiger partial charge in [-0.2, -0.15) is 9.40 Å². The standard InChI is InChI=1S/C23H24F2N6O3S/c1-29-9-11-30(12-10-29)16-7-5-15(6-8-16)23(32)26-22-17-13-31(14-20(17)27-28-22)35(33,34)21-18(24)3-2-4-19(21)25/h2-8H,9-14H2,1H3,(H2,26,27,28,32). The fourth-order valence-corrected chi connectivity index (χ4v) is 5.80. The first-order valence-corrected chi connectivity index (χ1v) is 12.5. The summed E-state index contributed by atoms with van der Waals surface area (Å²) in [6.45, 7) is 3.45. The third kappa shape index (κ3) is 4.40. The molecule has 1 amide bonds. The number of carbonyl (C=O) groups is 1. The summed E-state index contributed by atoms with van der Waals surface area (Å²) in [6.07, 6.45) is 0. The van der Waals surface area contributed by atoms with E-state index in [-0.39, 0.29) is 18.9 Å². The fourth-order valence-electron chi connectivity index (χ4n) is 4.31. The van der Waals surface area contributed by atoms with Gasteiger partial charge < -0.3 is 15.1 Å². The van der Waals surface area contributed by atoms with Crippen LogP contribution in [0, 0.1) is 11.6 Å². The zero-order chi connectivity index (χ0) is 24.7. The first kappa shape index (κ1) is 23.4. The second kappa shape index (κ2) is 9.02. The Morgan fingerprint density at radius 3 is 2.31 bits per heavy atom. The van der Waals surface area contributed by atoms with Crippen molar-refractivity contribution in [2.75, 3.05) is 43.4 Å². The van der Waals surface area contributed by atoms with Gasteiger partial charge in [0.05, 0.1) is 12.2 Å². The SMILES string of the molecule is CN1CCN(c2ccc(C(=O)Nc3n[nH]c4c3CN(S(=O)(=O)c3c(F)cccc3F)C4)cc2)CC1. The van der Waals surface area contributed by atoms with Gasteiger partial charge in [0.1, 0.15) is 11.6 Å². The average molecular weight is 503 g/mol. The molecular formula is C23H24F2N6O3S. The lowest BCUT2D eigenvalue weighted by molar-refractivity contribution is 0.102. The molecule has 12 heteroatoms. The number of carbonyl (C=O) groups excluding carboxylic acids is 1. The van der Waals surface area contributed by atoms with Gasteiger partial charge >= 0.3 is 0 Å². The van der Waals surface area contributed by atoms with Gasteiger partial charge in [0.25, 0.3) is 5.91 Å². The van der Waals surface area contributed by atoms with Crippen molar-refractivity contribution in [1.82, 2.24) is 19.4 Å². The zero-order valence-corrected chi connectivity index (χ0v) is 19.8. The number of benzene rings is 2. The van der Waals surface area contributed by atoms with Gasteiger partial charge in [-0.05, 0) is 43.4 Å². The van der Waals surface area contributed by atoms with E-state index >= 15 is 0 Å². The van der Waals surface area contributed by atoms with E-state index in [0.717, 1.165) is 54.4 Å². The second-order valence-electron chi connectivity index (χ2n) is 8.64. The molecule has 2 aliphatic heterocycles. The highest BCUT2D eigenvalue weighted by atomic mass is 32.2. The number of hydrogen-bond donors (Lipinski definition) is 2. The quantitative estimate of drug-likeness (QED) is 0.556. The van der Waals surface area contributed by atoms with Crippen LogP contribution in [0.5, 0.6) is 0 Å². The number of rotatable bonds is 5. The number of nitrogens with zero attached hydrogens (tertiary/aromatic N) is 4. The maximum atomic E-state index is 14.1. The van der Waals surface area contributed by atoms with E-state index in [2.05, 4.69) is 32.4 Å². The van der Waals surface area contributed by atoms with Gasteiger partial charge in [-0.3, -0.25) is 9.89 Å². The molecule has 2 aromatic carbocycles. The third-order valence-corrected chi connectivity index (χ3v) is 8.21. The third-order valence-electron chi connectivity index (χ3n) is 6.37. The Balaban J connectivity index is 1.29. The van der Waals surface area contributed by atoms with E-state index in [1.807, 2.05) is 12.1 Å². The lowest BCUT2D eigenvalue weighted by atomic mass is 10.1. The van der Waals surface area contributed by atoms with Crippen LogP contribution in [0.4, 0.5) is 20.3 Å². The molecule has 3 heterocycles. The van der Waals surface area contributed by atoms with Gasteiger partial charge in [-0.15, -0.1) is 0 Å². The van der Waals surface area contributed by atoms with Gasteiger partial charge in [0.2, 0.25) is 10.0 Å². The molecule has 1 aromatic heterocycles. The van der Waals surface area contributed by atoms with E-state index in [1.54, 1.807) is 12.1 Å². The number of sulfonamides is 1. The van der Waals surface area contributed by atoms with Crippen LogP contribution in [0.1, 0.15) is 21.6 Å². The van der Waals surface area contributed by atoms with E-state index in [4.69, 9.17) is 0 Å². The molecule has 0 saturated carbocycles. The molecule has 9 nitrogen and oxygen atoms in total. The molecule has 2 aliphatic rings. The van der Waals surface area contributed by atoms with Crippen molar-refractivity contribution in [3.8, 4) is 0 Å². The lowest BCUT2D eigenvalue weighted by Gasteiger charge is -2.34. The van der Waals surface area contributed by atoms with Crippen molar-refractivity contribution in [2.24, 2.45) is 0 Å². The molecule has 3 aromatic rings. The van der Waals surface area contributed by atoms with Crippen molar-refractivity contribution in [3.63, 3.8) is 0 Å². The first-order valence-electron chi connectivity index (χ1n) is 11.1. The smallest absolute Gasteiger partial charge is 0.256 e. The number of hydrogen-bond acceptors (Lipinski definition) is 6. The zero-order valence-electron chi connectivity index (χ0n) is 19.0. The number of fused-ring (bicyclic) bond motifs is 1. The number of anilines is 2. The molecule has 0 bridgehead atoms. The Hall–Kier alpha value is -3.35. The van der Waals surface area contributed by atoms with Crippen LogP contribution < -0.4 is 10.2 Å². The minimum absolute atomic E-state index is 0.145. The van der Waals surface area contributed by atoms with E-state index in [0.29, 0.717) is 16.8 Å². The molecule has 1 saturated heterocycles. The molecule has 0 unspecified atom stereocenters. The van der Waals surface area contributed by atoms with E-state index < -0.39 is 32.5 Å². The second-order valence-corrected chi connectivity index (χ2v) is 10.5. The predicted octanol–water partition coefficient (Wildman–Crippen LogP) is 2.40. The number of halogens is 2. The number of likely N-dealkylation sites (N-methyl/N-ethyl adjacent to an activating group) is 1. The Bertz CT molecular complexity index is 1350. The summed E-state index contributed by atoms with van der Waals surface area (Å²) in [6, 6.07) is 10.1. The molecule has 0 atom stereocenters. The molecular weight excluding hydrogens is 478 g/mol. The number of piperazine rings is 1. The summed E-state index contributed by atoms with van der Waals surface area (Å²) >= 11 is 0. The number of nitrogens with one attached hydrogen (secondary N) is 2. The van der Waals surface area contributed by atoms with Crippen LogP contribution in [-0.2, 0) is 23.1 Å². The van der Waals surface area contributed by atoms with Gasteiger partial charge in [-0.1, -0.05) is 6.07 Å². The first-order chi connectivity index (χ1) is 16.7. The number of H-pyrrole nitrogens is 1. The summed E-state index contributed by atoms with van der Waals surface area (Å²) in [5, 5.41) is 9.51. The molecule has 2 N–H and O–H groups in total. The Morgan fingerprint density at radius 2 is 1.66 bits per heavy atom. The van der Waals surface area contributed by atoms with Crippen molar-refractivity contribution in [3.05, 3.63) is 70.9 Å². The van der Waals surface area contributed by atoms with E-state index in [9.17, 15) is 22.0 Å². The van der Waals surface area contributed by atoms with Crippen LogP contribution in [0.2, 0.25) is 0 Å². The van der Waals surface area contributed by atoms with E-state index in [1.165, 1.54) is 0 Å². The minimum atomic E-state index is -4.44.